The first kappa shape index (κ1) is 17.1. The molecule has 1 heterocycles. The Labute approximate surface area is 160 Å². The van der Waals surface area contributed by atoms with Crippen molar-refractivity contribution < 1.29 is 9.16 Å². The van der Waals surface area contributed by atoms with Gasteiger partial charge in [0, 0.05) is 11.8 Å². The third-order valence-electron chi connectivity index (χ3n) is 5.13. The van der Waals surface area contributed by atoms with Crippen LogP contribution in [0.3, 0.4) is 0 Å². The number of allylic oxidation sites excluding steroid dienone is 2. The van der Waals surface area contributed by atoms with Crippen LogP contribution in [-0.2, 0) is 9.16 Å². The lowest BCUT2D eigenvalue weighted by molar-refractivity contribution is 0.0543. The number of epoxide rings is 1. The molecule has 0 aromatic heterocycles. The van der Waals surface area contributed by atoms with E-state index in [0.717, 1.165) is 0 Å². The number of halogens is 6. The highest BCUT2D eigenvalue weighted by Crippen LogP contribution is 2.81. The molecule has 0 aromatic rings. The summed E-state index contributed by atoms with van der Waals surface area (Å²) in [5.74, 6) is -0.421. The van der Waals surface area contributed by atoms with Crippen LogP contribution in [0.1, 0.15) is 0 Å². The van der Waals surface area contributed by atoms with Gasteiger partial charge in [-0.1, -0.05) is 46.4 Å². The Hall–Kier alpha value is 1.62. The second kappa shape index (κ2) is 4.47. The summed E-state index contributed by atoms with van der Waals surface area (Å²) in [6.07, 6.45) is -0.329. The topological polar surface area (TPSA) is 21.8 Å². The van der Waals surface area contributed by atoms with Gasteiger partial charge in [-0.05, 0) is 19.6 Å². The van der Waals surface area contributed by atoms with Gasteiger partial charge in [-0.15, -0.1) is 23.2 Å². The predicted molar refractivity (Wildman–Crippen MR) is 94.2 cm³/mol. The van der Waals surface area contributed by atoms with E-state index in [0.29, 0.717) is 0 Å². The molecule has 1 saturated heterocycles. The van der Waals surface area contributed by atoms with Crippen molar-refractivity contribution in [3.05, 3.63) is 10.1 Å². The van der Waals surface area contributed by atoms with E-state index in [1.165, 1.54) is 0 Å². The molecule has 2 nitrogen and oxygen atoms in total. The van der Waals surface area contributed by atoms with E-state index in [1.54, 1.807) is 0 Å². The van der Waals surface area contributed by atoms with Crippen molar-refractivity contribution in [2.75, 3.05) is 0 Å². The molecule has 3 fully saturated rings. The molecule has 4 aliphatic rings. The Kier molecular flexibility index (Phi) is 3.47. The molecule has 7 atom stereocenters. The zero-order chi connectivity index (χ0) is 16.5. The molecule has 2 bridgehead atoms. The van der Waals surface area contributed by atoms with Gasteiger partial charge < -0.3 is 9.16 Å². The molecule has 9 heteroatoms. The number of fused-ring (bicyclic) bond motifs is 7. The van der Waals surface area contributed by atoms with E-state index in [1.807, 2.05) is 0 Å². The fraction of sp³-hybridized carbons (Fsp3) is 0.846. The summed E-state index contributed by atoms with van der Waals surface area (Å²) in [7, 11) is -1.83. The van der Waals surface area contributed by atoms with Gasteiger partial charge in [-0.3, -0.25) is 0 Å². The molecule has 5 unspecified atom stereocenters. The molecule has 2 saturated carbocycles. The maximum absolute atomic E-state index is 6.89. The lowest BCUT2D eigenvalue weighted by atomic mass is 9.83. The molecule has 3 aliphatic carbocycles. The van der Waals surface area contributed by atoms with Crippen LogP contribution in [0.2, 0.25) is 19.6 Å². The van der Waals surface area contributed by atoms with Crippen LogP contribution in [0, 0.1) is 11.8 Å². The molecule has 124 valence electrons. The summed E-state index contributed by atoms with van der Waals surface area (Å²) in [4.78, 5) is -2.49. The zero-order valence-corrected chi connectivity index (χ0v) is 17.5. The minimum atomic E-state index is -1.83. The maximum Gasteiger partial charge on any atom is 0.184 e. The van der Waals surface area contributed by atoms with Gasteiger partial charge >= 0.3 is 0 Å². The Morgan fingerprint density at radius 1 is 0.909 bits per heavy atom. The molecule has 0 amide bonds. The van der Waals surface area contributed by atoms with Crippen molar-refractivity contribution in [2.45, 2.75) is 52.0 Å². The van der Waals surface area contributed by atoms with Gasteiger partial charge in [0.1, 0.15) is 15.9 Å². The molecular weight excluding hydrogens is 429 g/mol. The van der Waals surface area contributed by atoms with Crippen LogP contribution in [0.4, 0.5) is 0 Å². The second-order valence-corrected chi connectivity index (χ2v) is 15.2. The van der Waals surface area contributed by atoms with Gasteiger partial charge in [-0.2, -0.15) is 0 Å². The minimum Gasteiger partial charge on any atom is -0.412 e. The Morgan fingerprint density at radius 3 is 1.91 bits per heavy atom. The van der Waals surface area contributed by atoms with Gasteiger partial charge in [0.25, 0.3) is 0 Å². The van der Waals surface area contributed by atoms with E-state index < -0.39 is 22.4 Å². The molecule has 4 rings (SSSR count). The van der Waals surface area contributed by atoms with Crippen LogP contribution < -0.4 is 0 Å². The quantitative estimate of drug-likeness (QED) is 0.338. The first-order chi connectivity index (χ1) is 9.89. The van der Waals surface area contributed by atoms with E-state index in [2.05, 4.69) is 19.6 Å². The van der Waals surface area contributed by atoms with Gasteiger partial charge in [0.05, 0.1) is 22.3 Å². The minimum absolute atomic E-state index is 0.0329. The standard InChI is InChI=1S/C13H14Cl6O2Si/c1-22(2,3)21-7-5-4(6-8(7)20-6)11(16)9(14)10(15)12(5,17)13(11,18)19/h4-8H,1-3H3/t4?,5?,6?,7-,8?,11?,12-/m1/s1. The van der Waals surface area contributed by atoms with E-state index in [9.17, 15) is 0 Å². The third-order valence-corrected chi connectivity index (χ3v) is 10.4. The summed E-state index contributed by atoms with van der Waals surface area (Å²) in [6.45, 7) is 6.34. The normalized spacial score (nSPS) is 54.7. The predicted octanol–water partition coefficient (Wildman–Crippen LogP) is 5.07. The molecular formula is C13H14Cl6O2Si. The number of hydrogen-bond donors (Lipinski definition) is 0. The van der Waals surface area contributed by atoms with E-state index in [-0.39, 0.29) is 40.2 Å². The van der Waals surface area contributed by atoms with Crippen molar-refractivity contribution in [1.82, 2.24) is 0 Å². The highest BCUT2D eigenvalue weighted by atomic mass is 35.5. The monoisotopic (exact) mass is 440 g/mol. The van der Waals surface area contributed by atoms with Gasteiger partial charge in [-0.25, -0.2) is 0 Å². The van der Waals surface area contributed by atoms with Crippen molar-refractivity contribution in [2.24, 2.45) is 11.8 Å². The first-order valence-corrected chi connectivity index (χ1v) is 12.7. The van der Waals surface area contributed by atoms with Crippen molar-refractivity contribution in [3.8, 4) is 0 Å². The third kappa shape index (κ3) is 1.65. The molecule has 0 spiro atoms. The number of ether oxygens (including phenoxy) is 1. The van der Waals surface area contributed by atoms with Crippen LogP contribution in [-0.4, -0.2) is 40.7 Å². The highest BCUT2D eigenvalue weighted by Gasteiger charge is 2.89. The fourth-order valence-corrected chi connectivity index (χ4v) is 8.53. The van der Waals surface area contributed by atoms with Crippen molar-refractivity contribution in [3.63, 3.8) is 0 Å². The molecule has 0 radical (unpaired) electrons. The summed E-state index contributed by atoms with van der Waals surface area (Å²) in [6, 6.07) is 0. The van der Waals surface area contributed by atoms with Gasteiger partial charge in [0.2, 0.25) is 0 Å². The average Bonchev–Trinajstić information content (AvgIpc) is 3.05. The zero-order valence-electron chi connectivity index (χ0n) is 12.0. The smallest absolute Gasteiger partial charge is 0.184 e. The van der Waals surface area contributed by atoms with E-state index in [4.69, 9.17) is 78.8 Å². The van der Waals surface area contributed by atoms with Crippen molar-refractivity contribution in [1.29, 1.82) is 0 Å². The number of alkyl halides is 4. The Balaban J connectivity index is 1.86. The molecule has 1 aliphatic heterocycles. The fourth-order valence-electron chi connectivity index (χ4n) is 4.37. The first-order valence-electron chi connectivity index (χ1n) is 7.04. The molecule has 0 N–H and O–H groups in total. The Bertz CT molecular complexity index is 604. The molecule has 22 heavy (non-hydrogen) atoms. The SMILES string of the molecule is C[Si](C)(C)O[C@H]1C2OC2C2C1[C@@]1(Cl)C(Cl)=C(Cl)C2(Cl)C1(Cl)Cl. The number of rotatable bonds is 2. The lowest BCUT2D eigenvalue weighted by Gasteiger charge is -2.39. The van der Waals surface area contributed by atoms with Crippen LogP contribution >= 0.6 is 69.6 Å². The van der Waals surface area contributed by atoms with E-state index >= 15 is 0 Å². The Morgan fingerprint density at radius 2 is 1.41 bits per heavy atom. The van der Waals surface area contributed by atoms with Crippen molar-refractivity contribution >= 4 is 77.9 Å². The maximum atomic E-state index is 6.89. The largest absolute Gasteiger partial charge is 0.412 e. The summed E-state index contributed by atoms with van der Waals surface area (Å²) >= 11 is 39.8. The average molecular weight is 443 g/mol. The highest BCUT2D eigenvalue weighted by molar-refractivity contribution is 6.70. The van der Waals surface area contributed by atoms with Crippen LogP contribution in [0.25, 0.3) is 0 Å². The lowest BCUT2D eigenvalue weighted by Crippen LogP contribution is -2.49. The summed E-state index contributed by atoms with van der Waals surface area (Å²) < 4.78 is 10.6. The van der Waals surface area contributed by atoms with Crippen LogP contribution in [0.15, 0.2) is 10.1 Å². The summed E-state index contributed by atoms with van der Waals surface area (Å²) in [5, 5.41) is 0.475. The second-order valence-electron chi connectivity index (χ2n) is 7.44. The molecule has 0 aromatic carbocycles. The summed E-state index contributed by atoms with van der Waals surface area (Å²) in [5.41, 5.74) is 0. The van der Waals surface area contributed by atoms with Gasteiger partial charge in [0.15, 0.2) is 12.7 Å². The van der Waals surface area contributed by atoms with Crippen LogP contribution in [0.5, 0.6) is 0 Å². The number of hydrogen-bond acceptors (Lipinski definition) is 2.